The third kappa shape index (κ3) is 11.4. The van der Waals surface area contributed by atoms with Gasteiger partial charge in [0.2, 0.25) is 5.91 Å². The first-order valence-corrected chi connectivity index (χ1v) is 16.2. The number of amides is 3. The molecule has 0 saturated carbocycles. The van der Waals surface area contributed by atoms with Crippen molar-refractivity contribution in [3.8, 4) is 11.5 Å². The third-order valence-electron chi connectivity index (χ3n) is 8.24. The van der Waals surface area contributed by atoms with E-state index in [1.165, 1.54) is 12.1 Å². The number of aliphatic carboxylic acids is 1. The molecule has 12 heteroatoms. The minimum atomic E-state index is -0.790. The van der Waals surface area contributed by atoms with E-state index in [2.05, 4.69) is 5.32 Å². The lowest BCUT2D eigenvalue weighted by Gasteiger charge is -2.38. The van der Waals surface area contributed by atoms with Crippen LogP contribution in [-0.2, 0) is 19.1 Å². The summed E-state index contributed by atoms with van der Waals surface area (Å²) in [5.41, 5.74) is -1.74. The fraction of sp³-hybridized carbons (Fsp3) is 0.556. The van der Waals surface area contributed by atoms with Crippen LogP contribution in [0.4, 0.5) is 19.7 Å². The van der Waals surface area contributed by atoms with E-state index in [-0.39, 0.29) is 23.9 Å². The molecule has 2 aromatic rings. The molecule has 264 valence electrons. The van der Waals surface area contributed by atoms with E-state index in [1.807, 2.05) is 48.5 Å². The Morgan fingerprint density at radius 3 is 1.62 bits per heavy atom. The van der Waals surface area contributed by atoms with Gasteiger partial charge in [-0.05, 0) is 111 Å². The van der Waals surface area contributed by atoms with Crippen molar-refractivity contribution >= 4 is 29.8 Å². The molecule has 2 aliphatic rings. The van der Waals surface area contributed by atoms with E-state index in [4.69, 9.17) is 19.3 Å². The first kappa shape index (κ1) is 38.1. The highest BCUT2D eigenvalue weighted by Gasteiger charge is 2.40. The molecular formula is C36H50FN3O8. The van der Waals surface area contributed by atoms with Crippen molar-refractivity contribution in [1.82, 2.24) is 9.80 Å². The van der Waals surface area contributed by atoms with Gasteiger partial charge < -0.3 is 34.4 Å². The summed E-state index contributed by atoms with van der Waals surface area (Å²) in [4.78, 5) is 51.3. The molecule has 0 aliphatic carbocycles. The Kier molecular flexibility index (Phi) is 12.1. The van der Waals surface area contributed by atoms with Crippen LogP contribution < -0.4 is 10.1 Å². The fourth-order valence-electron chi connectivity index (χ4n) is 5.02. The average molecular weight is 672 g/mol. The van der Waals surface area contributed by atoms with Crippen molar-refractivity contribution in [2.45, 2.75) is 92.3 Å². The maximum Gasteiger partial charge on any atom is 0.410 e. The standard InChI is InChI=1S/C24H29FN2O4.C12H21NO4/c1-23(2,3)31-22(29)27-14-12-24(4,13-15-27)21(28)26-18-6-5-7-20(16-18)30-19-10-8-17(25)9-11-19;1-11(2,3)17-10(16)13-7-5-12(4,6-8-13)9(14)15/h5-11,16H,12-15H2,1-4H3,(H,26,28);5-8H2,1-4H3,(H,14,15). The van der Waals surface area contributed by atoms with E-state index in [0.717, 1.165) is 0 Å². The number of nitrogens with zero attached hydrogens (tertiary/aromatic N) is 2. The Hall–Kier alpha value is -4.35. The SMILES string of the molecule is CC(C)(C)OC(=O)N1CCC(C)(C(=O)Nc2cccc(Oc3ccc(F)cc3)c2)CC1.CC(C)(C)OC(=O)N1CCC(C)(C(=O)O)CC1. The topological polar surface area (TPSA) is 135 Å². The van der Waals surface area contributed by atoms with Gasteiger partial charge in [-0.1, -0.05) is 13.0 Å². The molecule has 3 amide bonds. The second kappa shape index (κ2) is 15.3. The van der Waals surface area contributed by atoms with Gasteiger partial charge in [0.1, 0.15) is 28.5 Å². The van der Waals surface area contributed by atoms with E-state index in [1.54, 1.807) is 53.1 Å². The summed E-state index contributed by atoms with van der Waals surface area (Å²) in [7, 11) is 0. The van der Waals surface area contributed by atoms with Gasteiger partial charge >= 0.3 is 18.2 Å². The first-order chi connectivity index (χ1) is 22.2. The Morgan fingerprint density at radius 2 is 1.19 bits per heavy atom. The minimum Gasteiger partial charge on any atom is -0.481 e. The number of hydrogen-bond donors (Lipinski definition) is 2. The molecule has 0 aromatic heterocycles. The van der Waals surface area contributed by atoms with Crippen LogP contribution in [0.1, 0.15) is 81.1 Å². The first-order valence-electron chi connectivity index (χ1n) is 16.2. The predicted octanol–water partition coefficient (Wildman–Crippen LogP) is 7.70. The summed E-state index contributed by atoms with van der Waals surface area (Å²) in [5, 5.41) is 12.0. The molecule has 0 unspecified atom stereocenters. The number of anilines is 1. The normalized spacial score (nSPS) is 17.3. The number of benzene rings is 2. The summed E-state index contributed by atoms with van der Waals surface area (Å²) in [6.45, 7) is 16.4. The predicted molar refractivity (Wildman–Crippen MR) is 179 cm³/mol. The molecule has 2 N–H and O–H groups in total. The Bertz CT molecular complexity index is 1430. The van der Waals surface area contributed by atoms with Gasteiger partial charge in [0.25, 0.3) is 0 Å². The molecule has 11 nitrogen and oxygen atoms in total. The van der Waals surface area contributed by atoms with Gasteiger partial charge in [0.05, 0.1) is 10.8 Å². The largest absolute Gasteiger partial charge is 0.481 e. The number of ether oxygens (including phenoxy) is 3. The molecule has 4 rings (SSSR count). The summed E-state index contributed by atoms with van der Waals surface area (Å²) >= 11 is 0. The smallest absolute Gasteiger partial charge is 0.410 e. The summed E-state index contributed by atoms with van der Waals surface area (Å²) in [5.74, 6) is -0.184. The Balaban J connectivity index is 0.000000311. The zero-order chi connectivity index (χ0) is 35.9. The molecule has 2 fully saturated rings. The van der Waals surface area contributed by atoms with Crippen LogP contribution in [-0.4, -0.2) is 76.4 Å². The van der Waals surface area contributed by atoms with Crippen molar-refractivity contribution in [2.24, 2.45) is 10.8 Å². The van der Waals surface area contributed by atoms with Crippen molar-refractivity contribution in [3.05, 3.63) is 54.3 Å². The number of carboxylic acid groups (broad SMARTS) is 1. The van der Waals surface area contributed by atoms with Crippen molar-refractivity contribution < 1.29 is 42.9 Å². The lowest BCUT2D eigenvalue weighted by atomic mass is 9.79. The zero-order valence-corrected chi connectivity index (χ0v) is 29.4. The third-order valence-corrected chi connectivity index (χ3v) is 8.24. The fourth-order valence-corrected chi connectivity index (χ4v) is 5.02. The van der Waals surface area contributed by atoms with Crippen LogP contribution in [0.25, 0.3) is 0 Å². The number of likely N-dealkylation sites (tertiary alicyclic amines) is 2. The van der Waals surface area contributed by atoms with E-state index >= 15 is 0 Å². The number of rotatable bonds is 5. The molecule has 0 radical (unpaired) electrons. The number of hydrogen-bond acceptors (Lipinski definition) is 7. The van der Waals surface area contributed by atoms with Crippen LogP contribution >= 0.6 is 0 Å². The number of carboxylic acids is 1. The molecular weight excluding hydrogens is 621 g/mol. The van der Waals surface area contributed by atoms with Crippen LogP contribution in [0, 0.1) is 16.6 Å². The maximum absolute atomic E-state index is 13.1. The van der Waals surface area contributed by atoms with E-state index < -0.39 is 28.0 Å². The summed E-state index contributed by atoms with van der Waals surface area (Å²) in [6, 6.07) is 12.8. The minimum absolute atomic E-state index is 0.102. The highest BCUT2D eigenvalue weighted by Crippen LogP contribution is 2.34. The van der Waals surface area contributed by atoms with Crippen LogP contribution in [0.5, 0.6) is 11.5 Å². The maximum atomic E-state index is 13.1. The van der Waals surface area contributed by atoms with Gasteiger partial charge in [-0.25, -0.2) is 14.0 Å². The van der Waals surface area contributed by atoms with Gasteiger partial charge in [-0.15, -0.1) is 0 Å². The molecule has 0 bridgehead atoms. The summed E-state index contributed by atoms with van der Waals surface area (Å²) < 4.78 is 29.5. The lowest BCUT2D eigenvalue weighted by Crippen LogP contribution is -2.48. The van der Waals surface area contributed by atoms with Crippen LogP contribution in [0.15, 0.2) is 48.5 Å². The number of carbonyl (C=O) groups excluding carboxylic acids is 3. The lowest BCUT2D eigenvalue weighted by molar-refractivity contribution is -0.150. The van der Waals surface area contributed by atoms with Crippen LogP contribution in [0.2, 0.25) is 0 Å². The van der Waals surface area contributed by atoms with Gasteiger partial charge in [0, 0.05) is 37.9 Å². The quantitative estimate of drug-likeness (QED) is 0.330. The van der Waals surface area contributed by atoms with Gasteiger partial charge in [-0.2, -0.15) is 0 Å². The average Bonchev–Trinajstić information content (AvgIpc) is 2.98. The highest BCUT2D eigenvalue weighted by molar-refractivity contribution is 5.95. The second-order valence-electron chi connectivity index (χ2n) is 14.9. The number of piperidine rings is 2. The van der Waals surface area contributed by atoms with Gasteiger partial charge in [-0.3, -0.25) is 9.59 Å². The van der Waals surface area contributed by atoms with Crippen LogP contribution in [0.3, 0.4) is 0 Å². The van der Waals surface area contributed by atoms with Crippen molar-refractivity contribution in [1.29, 1.82) is 0 Å². The van der Waals surface area contributed by atoms with E-state index in [0.29, 0.717) is 69.0 Å². The number of halogens is 1. The second-order valence-corrected chi connectivity index (χ2v) is 14.9. The van der Waals surface area contributed by atoms with E-state index in [9.17, 15) is 23.6 Å². The summed E-state index contributed by atoms with van der Waals surface area (Å²) in [6.07, 6.45) is 1.34. The molecule has 2 saturated heterocycles. The highest BCUT2D eigenvalue weighted by atomic mass is 19.1. The van der Waals surface area contributed by atoms with Gasteiger partial charge in [0.15, 0.2) is 0 Å². The Morgan fingerprint density at radius 1 is 0.729 bits per heavy atom. The molecule has 48 heavy (non-hydrogen) atoms. The zero-order valence-electron chi connectivity index (χ0n) is 29.4. The van der Waals surface area contributed by atoms with Crippen molar-refractivity contribution in [2.75, 3.05) is 31.5 Å². The molecule has 2 aliphatic heterocycles. The molecule has 0 atom stereocenters. The molecule has 0 spiro atoms. The number of carbonyl (C=O) groups is 4. The molecule has 2 heterocycles. The number of nitrogens with one attached hydrogen (secondary N) is 1. The van der Waals surface area contributed by atoms with Crippen molar-refractivity contribution in [3.63, 3.8) is 0 Å². The Labute approximate surface area is 282 Å². The monoisotopic (exact) mass is 671 g/mol. The molecule has 2 aromatic carbocycles.